The lowest BCUT2D eigenvalue weighted by atomic mass is 9.94. The summed E-state index contributed by atoms with van der Waals surface area (Å²) in [6, 6.07) is 21.4. The van der Waals surface area contributed by atoms with Crippen molar-refractivity contribution in [1.82, 2.24) is 10.2 Å². The topological polar surface area (TPSA) is 86.8 Å². The van der Waals surface area contributed by atoms with Gasteiger partial charge in [0.1, 0.15) is 12.6 Å². The van der Waals surface area contributed by atoms with Crippen LogP contribution in [0.5, 0.6) is 0 Å². The molecule has 0 saturated heterocycles. The molecule has 1 aliphatic rings. The molecule has 1 aliphatic carbocycles. The Labute approximate surface area is 254 Å². The Bertz CT molecular complexity index is 1450. The molecule has 9 heteroatoms. The predicted octanol–water partition coefficient (Wildman–Crippen LogP) is 5.81. The van der Waals surface area contributed by atoms with Crippen LogP contribution in [-0.2, 0) is 32.6 Å². The third kappa shape index (κ3) is 8.35. The molecule has 224 valence electrons. The van der Waals surface area contributed by atoms with E-state index in [1.807, 2.05) is 74.5 Å². The van der Waals surface area contributed by atoms with Crippen LogP contribution < -0.4 is 9.62 Å². The fourth-order valence-electron chi connectivity index (χ4n) is 5.66. The van der Waals surface area contributed by atoms with Gasteiger partial charge in [0.2, 0.25) is 21.8 Å². The van der Waals surface area contributed by atoms with Crippen molar-refractivity contribution in [2.45, 2.75) is 71.0 Å². The Hall–Kier alpha value is -3.36. The molecule has 0 aromatic heterocycles. The first kappa shape index (κ1) is 31.6. The predicted molar refractivity (Wildman–Crippen MR) is 169 cm³/mol. The molecule has 42 heavy (non-hydrogen) atoms. The minimum Gasteiger partial charge on any atom is -0.352 e. The number of halogens is 1. The molecule has 1 atom stereocenters. The van der Waals surface area contributed by atoms with Gasteiger partial charge in [0, 0.05) is 24.0 Å². The molecule has 3 aromatic carbocycles. The number of benzene rings is 3. The molecule has 0 unspecified atom stereocenters. The zero-order valence-electron chi connectivity index (χ0n) is 24.6. The first-order chi connectivity index (χ1) is 20.0. The first-order valence-corrected chi connectivity index (χ1v) is 16.7. The van der Waals surface area contributed by atoms with Gasteiger partial charge < -0.3 is 10.2 Å². The lowest BCUT2D eigenvalue weighted by Crippen LogP contribution is -2.55. The Morgan fingerprint density at radius 1 is 0.881 bits per heavy atom. The quantitative estimate of drug-likeness (QED) is 0.297. The number of para-hydroxylation sites is 1. The molecule has 0 bridgehead atoms. The van der Waals surface area contributed by atoms with Crippen molar-refractivity contribution in [2.24, 2.45) is 0 Å². The molecule has 1 saturated carbocycles. The van der Waals surface area contributed by atoms with Gasteiger partial charge in [0.05, 0.1) is 11.9 Å². The number of nitrogens with one attached hydrogen (secondary N) is 1. The second kappa shape index (κ2) is 14.2. The maximum atomic E-state index is 14.3. The Kier molecular flexibility index (Phi) is 10.7. The number of carbonyl (C=O) groups excluding carboxylic acids is 2. The molecular formula is C33H40ClN3O4S. The van der Waals surface area contributed by atoms with Gasteiger partial charge in [-0.25, -0.2) is 8.42 Å². The second-order valence-corrected chi connectivity index (χ2v) is 13.6. The van der Waals surface area contributed by atoms with E-state index in [0.29, 0.717) is 17.1 Å². The lowest BCUT2D eigenvalue weighted by Gasteiger charge is -2.35. The highest BCUT2D eigenvalue weighted by Crippen LogP contribution is 2.28. The average Bonchev–Trinajstić information content (AvgIpc) is 2.95. The summed E-state index contributed by atoms with van der Waals surface area (Å²) < 4.78 is 27.4. The molecule has 0 aliphatic heterocycles. The van der Waals surface area contributed by atoms with E-state index in [1.165, 1.54) is 4.90 Å². The fourth-order valence-corrected chi connectivity index (χ4v) is 6.75. The smallest absolute Gasteiger partial charge is 0.244 e. The monoisotopic (exact) mass is 609 g/mol. The van der Waals surface area contributed by atoms with Crippen LogP contribution in [0.2, 0.25) is 5.02 Å². The van der Waals surface area contributed by atoms with Crippen molar-refractivity contribution < 1.29 is 18.0 Å². The van der Waals surface area contributed by atoms with Crippen LogP contribution in [0.4, 0.5) is 5.69 Å². The molecule has 0 spiro atoms. The van der Waals surface area contributed by atoms with Crippen molar-refractivity contribution in [1.29, 1.82) is 0 Å². The van der Waals surface area contributed by atoms with Gasteiger partial charge in [-0.3, -0.25) is 13.9 Å². The van der Waals surface area contributed by atoms with Gasteiger partial charge in [0.15, 0.2) is 0 Å². The largest absolute Gasteiger partial charge is 0.352 e. The number of nitrogens with zero attached hydrogens (tertiary/aromatic N) is 2. The van der Waals surface area contributed by atoms with Crippen LogP contribution in [-0.4, -0.2) is 50.0 Å². The third-order valence-electron chi connectivity index (χ3n) is 7.86. The van der Waals surface area contributed by atoms with Crippen LogP contribution in [0.25, 0.3) is 0 Å². The van der Waals surface area contributed by atoms with E-state index in [2.05, 4.69) is 5.32 Å². The van der Waals surface area contributed by atoms with E-state index >= 15 is 0 Å². The highest BCUT2D eigenvalue weighted by molar-refractivity contribution is 7.92. The van der Waals surface area contributed by atoms with Gasteiger partial charge in [-0.2, -0.15) is 0 Å². The molecule has 4 rings (SSSR count). The number of anilines is 1. The summed E-state index contributed by atoms with van der Waals surface area (Å²) in [5, 5.41) is 3.78. The van der Waals surface area contributed by atoms with Gasteiger partial charge in [-0.1, -0.05) is 91.5 Å². The van der Waals surface area contributed by atoms with Crippen LogP contribution in [0.3, 0.4) is 0 Å². The number of carbonyl (C=O) groups is 2. The number of amides is 2. The van der Waals surface area contributed by atoms with Crippen molar-refractivity contribution in [2.75, 3.05) is 17.1 Å². The Morgan fingerprint density at radius 2 is 1.50 bits per heavy atom. The molecular weight excluding hydrogens is 570 g/mol. The molecule has 1 fully saturated rings. The maximum Gasteiger partial charge on any atom is 0.244 e. The third-order valence-corrected chi connectivity index (χ3v) is 9.22. The number of sulfonamides is 1. The summed E-state index contributed by atoms with van der Waals surface area (Å²) >= 11 is 6.14. The average molecular weight is 610 g/mol. The van der Waals surface area contributed by atoms with Crippen molar-refractivity contribution in [3.8, 4) is 0 Å². The fraction of sp³-hybridized carbons (Fsp3) is 0.394. The summed E-state index contributed by atoms with van der Waals surface area (Å²) in [6.45, 7) is 3.34. The molecule has 0 radical (unpaired) electrons. The number of aryl methyl sites for hydroxylation is 2. The van der Waals surface area contributed by atoms with Crippen LogP contribution in [0, 0.1) is 13.8 Å². The van der Waals surface area contributed by atoms with Crippen molar-refractivity contribution >= 4 is 39.1 Å². The standard InChI is InChI=1S/C33H40ClN3O4S/c1-24-11-10-12-25(2)32(24)37(42(3,40)41)23-31(38)36(22-27-17-19-28(34)20-18-27)30(21-26-13-6-4-7-14-26)33(39)35-29-15-8-5-9-16-29/h4,6-7,10-14,17-20,29-30H,5,8-9,15-16,21-23H2,1-3H3,(H,35,39)/t30-/m0/s1. The molecule has 7 nitrogen and oxygen atoms in total. The number of rotatable bonds is 11. The zero-order chi connectivity index (χ0) is 30.3. The molecule has 3 aromatic rings. The van der Waals surface area contributed by atoms with E-state index < -0.39 is 28.5 Å². The number of hydrogen-bond acceptors (Lipinski definition) is 4. The summed E-state index contributed by atoms with van der Waals surface area (Å²) in [6.07, 6.45) is 6.48. The molecule has 0 heterocycles. The number of hydrogen-bond donors (Lipinski definition) is 1. The Balaban J connectivity index is 1.74. The van der Waals surface area contributed by atoms with Crippen molar-refractivity contribution in [3.05, 3.63) is 100 Å². The van der Waals surface area contributed by atoms with Crippen LogP contribution in [0.1, 0.15) is 54.4 Å². The van der Waals surface area contributed by atoms with Gasteiger partial charge in [-0.15, -0.1) is 0 Å². The summed E-state index contributed by atoms with van der Waals surface area (Å²) in [7, 11) is -3.83. The molecule has 2 amide bonds. The normalized spacial score (nSPS) is 14.7. The summed E-state index contributed by atoms with van der Waals surface area (Å²) in [4.78, 5) is 29.8. The van der Waals surface area contributed by atoms with Gasteiger partial charge in [-0.05, 0) is 61.1 Å². The minimum atomic E-state index is -3.83. The summed E-state index contributed by atoms with van der Waals surface area (Å²) in [5.74, 6) is -0.691. The van der Waals surface area contributed by atoms with Crippen LogP contribution >= 0.6 is 11.6 Å². The van der Waals surface area contributed by atoms with Crippen molar-refractivity contribution in [3.63, 3.8) is 0 Å². The van der Waals surface area contributed by atoms with E-state index in [9.17, 15) is 18.0 Å². The Morgan fingerprint density at radius 3 is 2.10 bits per heavy atom. The van der Waals surface area contributed by atoms with E-state index in [0.717, 1.165) is 64.9 Å². The van der Waals surface area contributed by atoms with Gasteiger partial charge >= 0.3 is 0 Å². The second-order valence-electron chi connectivity index (χ2n) is 11.2. The summed E-state index contributed by atoms with van der Waals surface area (Å²) in [5.41, 5.74) is 3.66. The maximum absolute atomic E-state index is 14.3. The van der Waals surface area contributed by atoms with E-state index in [4.69, 9.17) is 11.6 Å². The zero-order valence-corrected chi connectivity index (χ0v) is 26.1. The first-order valence-electron chi connectivity index (χ1n) is 14.4. The van der Waals surface area contributed by atoms with Gasteiger partial charge in [0.25, 0.3) is 0 Å². The van der Waals surface area contributed by atoms with Crippen LogP contribution in [0.15, 0.2) is 72.8 Å². The SMILES string of the molecule is Cc1cccc(C)c1N(CC(=O)N(Cc1ccc(Cl)cc1)[C@@H](Cc1ccccc1)C(=O)NC1CCCCC1)S(C)(=O)=O. The lowest BCUT2D eigenvalue weighted by molar-refractivity contribution is -0.140. The highest BCUT2D eigenvalue weighted by Gasteiger charge is 2.34. The minimum absolute atomic E-state index is 0.0548. The van der Waals surface area contributed by atoms with E-state index in [-0.39, 0.29) is 18.5 Å². The molecule has 1 N–H and O–H groups in total. The van der Waals surface area contributed by atoms with E-state index in [1.54, 1.807) is 12.1 Å². The highest BCUT2D eigenvalue weighted by atomic mass is 35.5.